The van der Waals surface area contributed by atoms with Crippen molar-refractivity contribution in [1.82, 2.24) is 24.5 Å². The maximum Gasteiger partial charge on any atom is 0.115 e. The Hall–Kier alpha value is -3.12. The Morgan fingerprint density at radius 1 is 1.03 bits per heavy atom. The van der Waals surface area contributed by atoms with E-state index < -0.39 is 0 Å². The lowest BCUT2D eigenvalue weighted by Gasteiger charge is -2.25. The minimum atomic E-state index is 0.386. The summed E-state index contributed by atoms with van der Waals surface area (Å²) in [6, 6.07) is 6.65. The molecule has 29 heavy (non-hydrogen) atoms. The molecule has 0 bridgehead atoms. The van der Waals surface area contributed by atoms with Crippen LogP contribution in [0.2, 0.25) is 0 Å². The third kappa shape index (κ3) is 2.67. The SMILES string of the molecule is Cc1nc2cnc3ccc(-c4cnc5c(c4)C=CC5)nc3c2n1C1CCOCC1. The zero-order chi connectivity index (χ0) is 19.4. The molecule has 0 aromatic carbocycles. The van der Waals surface area contributed by atoms with Gasteiger partial charge in [0.15, 0.2) is 0 Å². The van der Waals surface area contributed by atoms with Crippen molar-refractivity contribution in [1.29, 1.82) is 0 Å². The van der Waals surface area contributed by atoms with E-state index in [4.69, 9.17) is 14.7 Å². The number of ether oxygens (including phenoxy) is 1. The van der Waals surface area contributed by atoms with Crippen molar-refractivity contribution in [2.24, 2.45) is 0 Å². The number of aromatic nitrogens is 5. The molecule has 0 unspecified atom stereocenters. The molecule has 1 aliphatic heterocycles. The predicted octanol–water partition coefficient (Wildman–Crippen LogP) is 4.27. The van der Waals surface area contributed by atoms with Crippen LogP contribution >= 0.6 is 0 Å². The number of imidazole rings is 1. The Morgan fingerprint density at radius 2 is 1.93 bits per heavy atom. The van der Waals surface area contributed by atoms with Gasteiger partial charge in [-0.05, 0) is 43.5 Å². The molecule has 5 heterocycles. The Kier molecular flexibility index (Phi) is 3.74. The first-order chi connectivity index (χ1) is 14.3. The number of hydrogen-bond donors (Lipinski definition) is 0. The van der Waals surface area contributed by atoms with Gasteiger partial charge in [-0.2, -0.15) is 0 Å². The van der Waals surface area contributed by atoms with Crippen molar-refractivity contribution in [3.8, 4) is 11.3 Å². The number of hydrogen-bond acceptors (Lipinski definition) is 5. The highest BCUT2D eigenvalue weighted by Gasteiger charge is 2.22. The van der Waals surface area contributed by atoms with Crippen LogP contribution in [0.25, 0.3) is 39.4 Å². The average Bonchev–Trinajstić information content (AvgIpc) is 3.37. The highest BCUT2D eigenvalue weighted by atomic mass is 16.5. The maximum absolute atomic E-state index is 5.58. The molecular formula is C23H21N5O. The van der Waals surface area contributed by atoms with E-state index in [2.05, 4.69) is 45.7 Å². The molecule has 0 N–H and O–H groups in total. The lowest BCUT2D eigenvalue weighted by Crippen LogP contribution is -2.20. The van der Waals surface area contributed by atoms with E-state index in [1.165, 1.54) is 5.56 Å². The quantitative estimate of drug-likeness (QED) is 0.517. The topological polar surface area (TPSA) is 65.7 Å². The zero-order valence-electron chi connectivity index (χ0n) is 16.3. The maximum atomic E-state index is 5.58. The van der Waals surface area contributed by atoms with Crippen molar-refractivity contribution in [3.05, 3.63) is 53.8 Å². The third-order valence-corrected chi connectivity index (χ3v) is 6.00. The normalized spacial score (nSPS) is 16.7. The molecule has 0 spiro atoms. The third-order valence-electron chi connectivity index (χ3n) is 6.00. The van der Waals surface area contributed by atoms with Crippen LogP contribution < -0.4 is 0 Å². The number of fused-ring (bicyclic) bond motifs is 4. The zero-order valence-corrected chi connectivity index (χ0v) is 16.3. The predicted molar refractivity (Wildman–Crippen MR) is 113 cm³/mol. The summed E-state index contributed by atoms with van der Waals surface area (Å²) in [5.41, 5.74) is 8.04. The van der Waals surface area contributed by atoms with Crippen molar-refractivity contribution in [3.63, 3.8) is 0 Å². The van der Waals surface area contributed by atoms with Crippen molar-refractivity contribution < 1.29 is 4.74 Å². The van der Waals surface area contributed by atoms with E-state index in [0.717, 1.165) is 77.3 Å². The smallest absolute Gasteiger partial charge is 0.115 e. The van der Waals surface area contributed by atoms with Gasteiger partial charge in [-0.1, -0.05) is 12.2 Å². The van der Waals surface area contributed by atoms with Crippen LogP contribution in [-0.2, 0) is 11.2 Å². The van der Waals surface area contributed by atoms with Gasteiger partial charge in [-0.15, -0.1) is 0 Å². The van der Waals surface area contributed by atoms with Crippen LogP contribution in [0.4, 0.5) is 0 Å². The molecule has 1 fully saturated rings. The first kappa shape index (κ1) is 16.8. The Morgan fingerprint density at radius 3 is 2.83 bits per heavy atom. The van der Waals surface area contributed by atoms with E-state index in [1.54, 1.807) is 0 Å². The largest absolute Gasteiger partial charge is 0.381 e. The Bertz CT molecular complexity index is 1280. The van der Waals surface area contributed by atoms with Gasteiger partial charge in [0.2, 0.25) is 0 Å². The standard InChI is InChI=1S/C23H21N5O/c1-14-26-21-13-25-20-6-5-19(16-11-15-3-2-4-18(15)24-12-16)27-22(20)23(21)28(14)17-7-9-29-10-8-17/h2-3,5-6,11-13,17H,4,7-10H2,1H3. The second-order valence-electron chi connectivity index (χ2n) is 7.80. The summed E-state index contributed by atoms with van der Waals surface area (Å²) in [5.74, 6) is 1.01. The molecule has 0 atom stereocenters. The highest BCUT2D eigenvalue weighted by molar-refractivity contribution is 6.00. The summed E-state index contributed by atoms with van der Waals surface area (Å²) in [7, 11) is 0. The van der Waals surface area contributed by atoms with Crippen LogP contribution in [0.15, 0.2) is 36.7 Å². The van der Waals surface area contributed by atoms with Crippen LogP contribution in [-0.4, -0.2) is 37.7 Å². The van der Waals surface area contributed by atoms with Gasteiger partial charge in [0, 0.05) is 37.4 Å². The average molecular weight is 383 g/mol. The molecule has 0 amide bonds. The molecule has 6 rings (SSSR count). The second-order valence-corrected chi connectivity index (χ2v) is 7.80. The van der Waals surface area contributed by atoms with E-state index in [9.17, 15) is 0 Å². The summed E-state index contributed by atoms with van der Waals surface area (Å²) in [6.45, 7) is 3.65. The van der Waals surface area contributed by atoms with Gasteiger partial charge in [-0.25, -0.2) is 9.97 Å². The van der Waals surface area contributed by atoms with Crippen LogP contribution in [0.1, 0.15) is 36.0 Å². The van der Waals surface area contributed by atoms with Crippen molar-refractivity contribution in [2.75, 3.05) is 13.2 Å². The molecule has 1 aliphatic carbocycles. The molecule has 144 valence electrons. The number of pyridine rings is 3. The summed E-state index contributed by atoms with van der Waals surface area (Å²) >= 11 is 0. The van der Waals surface area contributed by atoms with Crippen molar-refractivity contribution >= 4 is 28.1 Å². The number of rotatable bonds is 2. The molecule has 6 nitrogen and oxygen atoms in total. The second kappa shape index (κ2) is 6.46. The summed E-state index contributed by atoms with van der Waals surface area (Å²) in [5, 5.41) is 0. The Labute approximate surface area is 168 Å². The summed E-state index contributed by atoms with van der Waals surface area (Å²) in [6.07, 6.45) is 11.0. The number of nitrogens with zero attached hydrogens (tertiary/aromatic N) is 5. The molecule has 0 radical (unpaired) electrons. The molecular weight excluding hydrogens is 362 g/mol. The van der Waals surface area contributed by atoms with Crippen LogP contribution in [0, 0.1) is 6.92 Å². The fourth-order valence-electron chi connectivity index (χ4n) is 4.57. The Balaban J connectivity index is 1.57. The lowest BCUT2D eigenvalue weighted by molar-refractivity contribution is 0.0701. The van der Waals surface area contributed by atoms with Gasteiger partial charge in [-0.3, -0.25) is 9.97 Å². The molecule has 1 saturated heterocycles. The van der Waals surface area contributed by atoms with E-state index >= 15 is 0 Å². The molecule has 4 aromatic heterocycles. The van der Waals surface area contributed by atoms with Gasteiger partial charge in [0.05, 0.1) is 28.6 Å². The monoisotopic (exact) mass is 383 g/mol. The number of aryl methyl sites for hydroxylation is 1. The number of allylic oxidation sites excluding steroid dienone is 1. The van der Waals surface area contributed by atoms with E-state index in [1.807, 2.05) is 18.5 Å². The fraction of sp³-hybridized carbons (Fsp3) is 0.304. The van der Waals surface area contributed by atoms with Crippen LogP contribution in [0.3, 0.4) is 0 Å². The highest BCUT2D eigenvalue weighted by Crippen LogP contribution is 2.32. The summed E-state index contributed by atoms with van der Waals surface area (Å²) in [4.78, 5) is 19.1. The van der Waals surface area contributed by atoms with Gasteiger partial charge in [0.25, 0.3) is 0 Å². The first-order valence-electron chi connectivity index (χ1n) is 10.2. The molecule has 4 aromatic rings. The van der Waals surface area contributed by atoms with E-state index in [0.29, 0.717) is 6.04 Å². The van der Waals surface area contributed by atoms with E-state index in [-0.39, 0.29) is 0 Å². The lowest BCUT2D eigenvalue weighted by atomic mass is 10.1. The minimum absolute atomic E-state index is 0.386. The minimum Gasteiger partial charge on any atom is -0.381 e. The fourth-order valence-corrected chi connectivity index (χ4v) is 4.57. The van der Waals surface area contributed by atoms with Crippen molar-refractivity contribution in [2.45, 2.75) is 32.2 Å². The molecule has 6 heteroatoms. The molecule has 2 aliphatic rings. The van der Waals surface area contributed by atoms with Gasteiger partial charge >= 0.3 is 0 Å². The van der Waals surface area contributed by atoms with Crippen LogP contribution in [0.5, 0.6) is 0 Å². The molecule has 0 saturated carbocycles. The van der Waals surface area contributed by atoms with Gasteiger partial charge < -0.3 is 9.30 Å². The summed E-state index contributed by atoms with van der Waals surface area (Å²) < 4.78 is 7.93. The first-order valence-corrected chi connectivity index (χ1v) is 10.2. The van der Waals surface area contributed by atoms with Gasteiger partial charge in [0.1, 0.15) is 16.9 Å².